The monoisotopic (exact) mass is 696 g/mol. The van der Waals surface area contributed by atoms with Crippen molar-refractivity contribution < 1.29 is 68.8 Å². The van der Waals surface area contributed by atoms with Crippen LogP contribution in [0, 0.1) is 0 Å². The number of anilines is 3. The van der Waals surface area contributed by atoms with Crippen molar-refractivity contribution in [2.45, 2.75) is 47.0 Å². The average molecular weight is 697 g/mol. The second-order valence-electron chi connectivity index (χ2n) is 10.9. The standard InChI is InChI=1S/C27H28N8O9S2.Na.H/c1-27(2)19(24(40)41)35-22(39)18(23(35)45-27)32-21(38)17(12-3-7-14(36)8-4-12)33-26(42)31-16-11-29-25(34-20(16)37)30-13-5-9-15(10-6-13)46(28,43)44;;/h3-11,17-19,23,36H,1-2H3,(H,32,38)(H,40,41)(H2,28,43,44)(H2,31,33,42)(H2,29,30,34,37);;/q;+1;-1/t17?,18-,19+,23-;;/m1../s1. The van der Waals surface area contributed by atoms with Crippen LogP contribution in [0.1, 0.15) is 26.9 Å². The molecule has 2 aliphatic heterocycles. The van der Waals surface area contributed by atoms with Crippen molar-refractivity contribution in [1.82, 2.24) is 25.5 Å². The van der Waals surface area contributed by atoms with Crippen LogP contribution in [0.2, 0.25) is 0 Å². The number of carboxylic acids is 1. The number of carbonyl (C=O) groups excluding carboxylic acids is 3. The summed E-state index contributed by atoms with van der Waals surface area (Å²) < 4.78 is 22.0. The number of aliphatic carboxylic acids is 1. The number of hydrogen-bond acceptors (Lipinski definition) is 11. The second kappa shape index (κ2) is 13.5. The fourth-order valence-electron chi connectivity index (χ4n) is 5.05. The van der Waals surface area contributed by atoms with E-state index >= 15 is 0 Å². The normalized spacial score (nSPS) is 20.1. The molecule has 4 amide bonds. The van der Waals surface area contributed by atoms with Gasteiger partial charge in [0.05, 0.1) is 11.1 Å². The molecule has 0 spiro atoms. The Balaban J connectivity index is 0.00000312. The van der Waals surface area contributed by atoms with Gasteiger partial charge in [0.25, 0.3) is 5.56 Å². The number of β-lactam (4-membered cyclic amide) rings is 1. The number of nitrogens with two attached hydrogens (primary N) is 1. The Hall–Kier alpha value is -4.14. The minimum atomic E-state index is -3.89. The molecule has 0 radical (unpaired) electrons. The molecule has 0 bridgehead atoms. The molecule has 4 atom stereocenters. The maximum Gasteiger partial charge on any atom is 1.00 e. The molecule has 1 unspecified atom stereocenters. The van der Waals surface area contributed by atoms with Gasteiger partial charge in [0, 0.05) is 10.4 Å². The summed E-state index contributed by atoms with van der Waals surface area (Å²) in [6, 6.07) is 6.16. The molecule has 9 N–H and O–H groups in total. The van der Waals surface area contributed by atoms with Gasteiger partial charge in [-0.3, -0.25) is 19.4 Å². The molecule has 17 nitrogen and oxygen atoms in total. The molecule has 0 saturated carbocycles. The third kappa shape index (κ3) is 7.55. The molecule has 2 saturated heterocycles. The van der Waals surface area contributed by atoms with Crippen LogP contribution in [0.4, 0.5) is 22.1 Å². The smallest absolute Gasteiger partial charge is 1.00 e. The minimum absolute atomic E-state index is 0. The van der Waals surface area contributed by atoms with E-state index in [0.717, 1.165) is 6.20 Å². The van der Waals surface area contributed by atoms with Crippen molar-refractivity contribution >= 4 is 62.9 Å². The number of carbonyl (C=O) groups is 4. The zero-order chi connectivity index (χ0) is 33.6. The summed E-state index contributed by atoms with van der Waals surface area (Å²) in [4.78, 5) is 71.4. The predicted octanol–water partition coefficient (Wildman–Crippen LogP) is -2.52. The first-order chi connectivity index (χ1) is 21.5. The number of carboxylic acid groups (broad SMARTS) is 1. The number of benzene rings is 2. The zero-order valence-electron chi connectivity index (χ0n) is 26.0. The van der Waals surface area contributed by atoms with Gasteiger partial charge in [-0.2, -0.15) is 0 Å². The van der Waals surface area contributed by atoms with Crippen LogP contribution in [0.15, 0.2) is 64.4 Å². The number of aromatic amines is 1. The van der Waals surface area contributed by atoms with E-state index in [0.29, 0.717) is 5.69 Å². The van der Waals surface area contributed by atoms with Gasteiger partial charge in [-0.25, -0.2) is 28.1 Å². The molecule has 0 aliphatic carbocycles. The molecule has 2 aromatic carbocycles. The first kappa shape index (κ1) is 35.7. The molecule has 20 heteroatoms. The van der Waals surface area contributed by atoms with E-state index in [1.165, 1.54) is 65.2 Å². The van der Waals surface area contributed by atoms with Gasteiger partial charge in [0.15, 0.2) is 0 Å². The molecule has 1 aromatic heterocycles. The molecule has 47 heavy (non-hydrogen) atoms. The number of thioether (sulfide) groups is 1. The van der Waals surface area contributed by atoms with Crippen LogP contribution in [-0.2, 0) is 24.4 Å². The van der Waals surface area contributed by atoms with E-state index in [4.69, 9.17) is 5.14 Å². The summed E-state index contributed by atoms with van der Waals surface area (Å²) in [6.45, 7) is 3.39. The summed E-state index contributed by atoms with van der Waals surface area (Å²) in [5.41, 5.74) is -0.445. The molecular weight excluding hydrogens is 667 g/mol. The summed E-state index contributed by atoms with van der Waals surface area (Å²) in [7, 11) is -3.89. The van der Waals surface area contributed by atoms with Crippen LogP contribution >= 0.6 is 11.8 Å². The van der Waals surface area contributed by atoms with Gasteiger partial charge in [-0.1, -0.05) is 12.1 Å². The summed E-state index contributed by atoms with van der Waals surface area (Å²) in [6.07, 6.45) is 1.05. The van der Waals surface area contributed by atoms with Crippen molar-refractivity contribution in [3.05, 3.63) is 70.6 Å². The van der Waals surface area contributed by atoms with Crippen LogP contribution in [0.5, 0.6) is 5.75 Å². The van der Waals surface area contributed by atoms with Gasteiger partial charge in [-0.15, -0.1) is 11.8 Å². The number of hydrogen-bond donors (Lipinski definition) is 8. The topological polar surface area (TPSA) is 266 Å². The third-order valence-corrected chi connectivity index (χ3v) is 9.73. The average Bonchev–Trinajstić information content (AvgIpc) is 3.24. The number of rotatable bonds is 9. The number of aromatic nitrogens is 2. The fraction of sp³-hybridized carbons (Fsp3) is 0.259. The predicted molar refractivity (Wildman–Crippen MR) is 166 cm³/mol. The Morgan fingerprint density at radius 3 is 2.32 bits per heavy atom. The number of urea groups is 1. The van der Waals surface area contributed by atoms with Crippen molar-refractivity contribution in [2.24, 2.45) is 5.14 Å². The van der Waals surface area contributed by atoms with Crippen molar-refractivity contribution in [2.75, 3.05) is 10.6 Å². The Morgan fingerprint density at radius 1 is 1.11 bits per heavy atom. The molecule has 3 heterocycles. The maximum atomic E-state index is 13.5. The Bertz CT molecular complexity index is 1900. The van der Waals surface area contributed by atoms with E-state index in [1.54, 1.807) is 13.8 Å². The van der Waals surface area contributed by atoms with Crippen molar-refractivity contribution in [3.8, 4) is 5.75 Å². The molecule has 244 valence electrons. The van der Waals surface area contributed by atoms with E-state index in [2.05, 4.69) is 31.2 Å². The number of amides is 4. The van der Waals surface area contributed by atoms with Crippen LogP contribution in [0.3, 0.4) is 0 Å². The Kier molecular flexibility index (Phi) is 10.3. The molecule has 5 rings (SSSR count). The maximum absolute atomic E-state index is 13.5. The van der Waals surface area contributed by atoms with E-state index < -0.39 is 67.6 Å². The van der Waals surface area contributed by atoms with Gasteiger partial charge in [0.1, 0.15) is 34.9 Å². The summed E-state index contributed by atoms with van der Waals surface area (Å²) in [5.74, 6) is -2.67. The van der Waals surface area contributed by atoms with E-state index in [9.17, 15) is 42.6 Å². The first-order valence-corrected chi connectivity index (χ1v) is 15.9. The minimum Gasteiger partial charge on any atom is -1.00 e. The quantitative estimate of drug-likeness (QED) is 0.0851. The SMILES string of the molecule is CC1(C)S[C@@H]2[C@H](NC(=O)C(NC(=O)Nc3cnc(Nc4ccc(S(N)(=O)=O)cc4)[nH]c3=O)c3ccc(O)cc3)C(=O)N2[C@H]1C(=O)O.[H-].[Na+]. The van der Waals surface area contributed by atoms with Crippen LogP contribution in [-0.4, -0.2) is 79.5 Å². The van der Waals surface area contributed by atoms with Gasteiger partial charge in [-0.05, 0) is 55.8 Å². The number of H-pyrrole nitrogens is 1. The number of nitrogens with one attached hydrogen (secondary N) is 5. The Morgan fingerprint density at radius 2 is 1.74 bits per heavy atom. The molecular formula is C27H29N8NaO9S2. The Labute approximate surface area is 294 Å². The third-order valence-electron chi connectivity index (χ3n) is 7.23. The largest absolute Gasteiger partial charge is 1.00 e. The number of phenols is 1. The van der Waals surface area contributed by atoms with E-state index in [1.807, 2.05) is 0 Å². The van der Waals surface area contributed by atoms with Crippen LogP contribution < -0.4 is 61.5 Å². The van der Waals surface area contributed by atoms with E-state index in [-0.39, 0.29) is 58.8 Å². The number of primary sulfonamides is 1. The first-order valence-electron chi connectivity index (χ1n) is 13.4. The fourth-order valence-corrected chi connectivity index (χ4v) is 7.19. The molecule has 2 fully saturated rings. The van der Waals surface area contributed by atoms with Crippen molar-refractivity contribution in [3.63, 3.8) is 0 Å². The van der Waals surface area contributed by atoms with Crippen molar-refractivity contribution in [1.29, 1.82) is 0 Å². The number of fused-ring (bicyclic) bond motifs is 1. The van der Waals surface area contributed by atoms with Gasteiger partial charge in [0.2, 0.25) is 27.8 Å². The number of nitrogens with zero attached hydrogens (tertiary/aromatic N) is 2. The summed E-state index contributed by atoms with van der Waals surface area (Å²) in [5, 5.41) is 33.9. The number of sulfonamides is 1. The second-order valence-corrected chi connectivity index (χ2v) is 14.2. The zero-order valence-corrected chi connectivity index (χ0v) is 28.7. The number of phenolic OH excluding ortho intramolecular Hbond substituents is 1. The molecule has 2 aliphatic rings. The van der Waals surface area contributed by atoms with Gasteiger partial charge < -0.3 is 37.8 Å². The van der Waals surface area contributed by atoms with Crippen LogP contribution in [0.25, 0.3) is 0 Å². The number of aromatic hydroxyl groups is 1. The molecule has 3 aromatic rings. The summed E-state index contributed by atoms with van der Waals surface area (Å²) >= 11 is 1.23. The van der Waals surface area contributed by atoms with Gasteiger partial charge >= 0.3 is 41.6 Å².